The lowest BCUT2D eigenvalue weighted by molar-refractivity contribution is -0.137. The molecule has 308 valence electrons. The molecule has 0 spiro atoms. The van der Waals surface area contributed by atoms with E-state index in [1.165, 1.54) is 26.2 Å². The van der Waals surface area contributed by atoms with E-state index in [1.54, 1.807) is 47.8 Å². The Morgan fingerprint density at radius 1 is 0.446 bits per heavy atom. The Kier molecular flexibility index (Phi) is 8.09. The highest BCUT2D eigenvalue weighted by molar-refractivity contribution is 7.27. The Bertz CT molecular complexity index is 4210. The van der Waals surface area contributed by atoms with Gasteiger partial charge in [0.05, 0.1) is 50.6 Å². The van der Waals surface area contributed by atoms with Crippen LogP contribution in [0.5, 0.6) is 0 Å². The predicted octanol–water partition coefficient (Wildman–Crippen LogP) is 17.1. The minimum atomic E-state index is -4.66. The summed E-state index contributed by atoms with van der Waals surface area (Å²) in [6, 6.07) is 60.3. The predicted molar refractivity (Wildman–Crippen MR) is 266 cm³/mol. The van der Waals surface area contributed by atoms with Crippen LogP contribution in [0.1, 0.15) is 16.7 Å². The molecule has 0 N–H and O–H groups in total. The molecule has 0 amide bonds. The molecule has 0 radical (unpaired) electrons. The van der Waals surface area contributed by atoms with E-state index < -0.39 is 11.7 Å². The van der Waals surface area contributed by atoms with Crippen molar-refractivity contribution in [2.24, 2.45) is 0 Å². The summed E-state index contributed by atoms with van der Waals surface area (Å²) in [5.41, 5.74) is 6.71. The monoisotopic (exact) mass is 879 g/mol. The molecule has 3 nitrogen and oxygen atoms in total. The Hall–Kier alpha value is -7.70. The van der Waals surface area contributed by atoms with E-state index in [-0.39, 0.29) is 5.56 Å². The Labute approximate surface area is 377 Å². The Balaban J connectivity index is 1.22. The van der Waals surface area contributed by atoms with Crippen LogP contribution in [0, 0.1) is 18.3 Å². The molecule has 0 aliphatic carbocycles. The van der Waals surface area contributed by atoms with E-state index in [1.807, 2.05) is 48.5 Å². The summed E-state index contributed by atoms with van der Waals surface area (Å²) in [7, 11) is 0. The van der Waals surface area contributed by atoms with E-state index in [0.717, 1.165) is 69.9 Å². The molecule has 13 aromatic rings. The lowest BCUT2D eigenvalue weighted by Crippen LogP contribution is -2.10. The van der Waals surface area contributed by atoms with Crippen molar-refractivity contribution in [3.05, 3.63) is 193 Å². The summed E-state index contributed by atoms with van der Waals surface area (Å²) in [5.74, 6) is 0. The van der Waals surface area contributed by atoms with Crippen molar-refractivity contribution < 1.29 is 13.2 Å². The van der Waals surface area contributed by atoms with E-state index in [4.69, 9.17) is 0 Å². The Morgan fingerprint density at radius 2 is 0.938 bits per heavy atom. The smallest absolute Gasteiger partial charge is 0.309 e. The number of halogens is 3. The number of benzene rings is 9. The third-order valence-corrected chi connectivity index (χ3v) is 15.6. The minimum Gasteiger partial charge on any atom is -0.309 e. The number of hydrogen-bond acceptors (Lipinski definition) is 3. The number of aryl methyl sites for hydroxylation is 1. The van der Waals surface area contributed by atoms with Crippen molar-refractivity contribution in [3.63, 3.8) is 0 Å². The lowest BCUT2D eigenvalue weighted by Gasteiger charge is -2.24. The van der Waals surface area contributed by atoms with E-state index in [9.17, 15) is 5.26 Å². The lowest BCUT2D eigenvalue weighted by atomic mass is 9.85. The Morgan fingerprint density at radius 3 is 1.49 bits per heavy atom. The molecule has 0 atom stereocenters. The SMILES string of the molecule is Cc1cccc(C(F)(F)F)c1-c1cccc(-n2c3ccccc3c3c4sc5ccccc5c4ccc32)c1-c1c(C#N)cccc1-n1c2ccccc2c2c3sc4ccccc4c3ccc21. The number of nitrogens with zero attached hydrogens (tertiary/aromatic N) is 3. The second-order valence-electron chi connectivity index (χ2n) is 16.6. The summed E-state index contributed by atoms with van der Waals surface area (Å²) in [5, 5.41) is 20.2. The quantitative estimate of drug-likeness (QED) is 0.173. The van der Waals surface area contributed by atoms with Crippen molar-refractivity contribution in [3.8, 4) is 39.7 Å². The van der Waals surface area contributed by atoms with Gasteiger partial charge in [0.25, 0.3) is 0 Å². The van der Waals surface area contributed by atoms with Crippen molar-refractivity contribution in [1.82, 2.24) is 9.13 Å². The summed E-state index contributed by atoms with van der Waals surface area (Å²) in [6.07, 6.45) is -4.66. The van der Waals surface area contributed by atoms with E-state index in [0.29, 0.717) is 39.2 Å². The maximum absolute atomic E-state index is 15.4. The van der Waals surface area contributed by atoms with Crippen LogP contribution in [-0.2, 0) is 6.18 Å². The van der Waals surface area contributed by atoms with Crippen molar-refractivity contribution >= 4 is 107 Å². The first-order chi connectivity index (χ1) is 31.8. The second-order valence-corrected chi connectivity index (χ2v) is 18.7. The molecule has 0 bridgehead atoms. The number of nitriles is 1. The molecule has 0 aliphatic rings. The molecule has 0 saturated carbocycles. The molecule has 0 aliphatic heterocycles. The van der Waals surface area contributed by atoms with Gasteiger partial charge in [0.15, 0.2) is 0 Å². The van der Waals surface area contributed by atoms with Gasteiger partial charge in [0.2, 0.25) is 0 Å². The van der Waals surface area contributed by atoms with Gasteiger partial charge in [-0.15, -0.1) is 22.7 Å². The van der Waals surface area contributed by atoms with Crippen LogP contribution in [0.3, 0.4) is 0 Å². The fraction of sp³-hybridized carbons (Fsp3) is 0.0351. The van der Waals surface area contributed by atoms with Crippen molar-refractivity contribution in [1.29, 1.82) is 5.26 Å². The fourth-order valence-electron chi connectivity index (χ4n) is 10.5. The highest BCUT2D eigenvalue weighted by Crippen LogP contribution is 2.51. The molecular formula is C57H32F3N3S2. The van der Waals surface area contributed by atoms with E-state index in [2.05, 4.69) is 112 Å². The minimum absolute atomic E-state index is 0.0809. The first-order valence-corrected chi connectivity index (χ1v) is 22.9. The molecule has 65 heavy (non-hydrogen) atoms. The maximum atomic E-state index is 15.4. The molecule has 13 rings (SSSR count). The first-order valence-electron chi connectivity index (χ1n) is 21.3. The van der Waals surface area contributed by atoms with Gasteiger partial charge in [-0.25, -0.2) is 0 Å². The van der Waals surface area contributed by atoms with Gasteiger partial charge in [0.1, 0.15) is 0 Å². The van der Waals surface area contributed by atoms with Crippen LogP contribution in [0.2, 0.25) is 0 Å². The summed E-state index contributed by atoms with van der Waals surface area (Å²) >= 11 is 3.51. The van der Waals surface area contributed by atoms with Crippen LogP contribution in [0.25, 0.3) is 118 Å². The second kappa shape index (κ2) is 13.9. The average Bonchev–Trinajstić information content (AvgIpc) is 4.08. The number of thiophene rings is 2. The largest absolute Gasteiger partial charge is 0.417 e. The van der Waals surface area contributed by atoms with Crippen LogP contribution < -0.4 is 0 Å². The van der Waals surface area contributed by atoms with E-state index >= 15 is 13.2 Å². The van der Waals surface area contributed by atoms with Crippen LogP contribution in [0.4, 0.5) is 13.2 Å². The van der Waals surface area contributed by atoms with Gasteiger partial charge >= 0.3 is 6.18 Å². The summed E-state index contributed by atoms with van der Waals surface area (Å²) in [6.45, 7) is 1.74. The zero-order valence-corrected chi connectivity index (χ0v) is 36.2. The number of alkyl halides is 3. The number of para-hydroxylation sites is 2. The molecule has 4 aromatic heterocycles. The number of fused-ring (bicyclic) bond motifs is 14. The number of hydrogen-bond donors (Lipinski definition) is 0. The van der Waals surface area contributed by atoms with Crippen molar-refractivity contribution in [2.75, 3.05) is 0 Å². The third-order valence-electron chi connectivity index (χ3n) is 13.1. The van der Waals surface area contributed by atoms with Gasteiger partial charge in [-0.1, -0.05) is 115 Å². The third kappa shape index (κ3) is 5.34. The number of rotatable bonds is 4. The van der Waals surface area contributed by atoms with Gasteiger partial charge in [-0.2, -0.15) is 18.4 Å². The molecule has 0 fully saturated rings. The zero-order valence-electron chi connectivity index (χ0n) is 34.5. The zero-order chi connectivity index (χ0) is 43.7. The molecule has 0 saturated heterocycles. The van der Waals surface area contributed by atoms with Gasteiger partial charge in [-0.05, 0) is 84.3 Å². The molecular weight excluding hydrogens is 848 g/mol. The van der Waals surface area contributed by atoms with Crippen LogP contribution in [0.15, 0.2) is 176 Å². The fourth-order valence-corrected chi connectivity index (χ4v) is 13.0. The van der Waals surface area contributed by atoms with Gasteiger partial charge < -0.3 is 9.13 Å². The highest BCUT2D eigenvalue weighted by atomic mass is 32.1. The van der Waals surface area contributed by atoms with Crippen molar-refractivity contribution in [2.45, 2.75) is 13.1 Å². The maximum Gasteiger partial charge on any atom is 0.417 e. The number of aromatic nitrogens is 2. The van der Waals surface area contributed by atoms with Crippen LogP contribution in [-0.4, -0.2) is 9.13 Å². The topological polar surface area (TPSA) is 33.6 Å². The summed E-state index contributed by atoms with van der Waals surface area (Å²) in [4.78, 5) is 0. The molecule has 0 unspecified atom stereocenters. The first kappa shape index (κ1) is 37.8. The highest BCUT2D eigenvalue weighted by Gasteiger charge is 2.36. The normalized spacial score (nSPS) is 12.3. The summed E-state index contributed by atoms with van der Waals surface area (Å²) < 4.78 is 55.3. The average molecular weight is 880 g/mol. The standard InChI is InChI=1S/C57H32F3N3S2/c1-32-13-10-20-41(57(58,59)60)50(32)40-19-12-24-45(63-43-22-7-3-18-39(43)54-47(63)30-28-37-35-16-5-9-26-49(35)65-56(37)54)52(40)51-33(31-61)14-11-23-44(51)62-42-21-6-2-17-38(42)53-46(62)29-27-36-34-15-4-8-25-48(34)64-55(36)53/h2-30H,1H3. The molecule has 8 heteroatoms. The van der Waals surface area contributed by atoms with Crippen LogP contribution >= 0.6 is 22.7 Å². The molecule has 4 heterocycles. The van der Waals surface area contributed by atoms with Gasteiger partial charge in [0, 0.05) is 73.0 Å². The van der Waals surface area contributed by atoms with Gasteiger partial charge in [-0.3, -0.25) is 0 Å². The molecule has 9 aromatic carbocycles.